The van der Waals surface area contributed by atoms with Crippen LogP contribution in [0.5, 0.6) is 0 Å². The van der Waals surface area contributed by atoms with E-state index in [1.807, 2.05) is 11.5 Å². The van der Waals surface area contributed by atoms with E-state index in [2.05, 4.69) is 6.92 Å². The Balaban J connectivity index is 2.83. The van der Waals surface area contributed by atoms with Crippen molar-refractivity contribution < 1.29 is 9.90 Å². The number of hydrogen-bond donors (Lipinski definition) is 1. The molecule has 1 atom stereocenters. The highest BCUT2D eigenvalue weighted by molar-refractivity contribution is 6.31. The van der Waals surface area contributed by atoms with Crippen LogP contribution in [0, 0.1) is 0 Å². The maximum atomic E-state index is 12.2. The summed E-state index contributed by atoms with van der Waals surface area (Å²) in [5.41, 5.74) is 0.000315. The predicted octanol–water partition coefficient (Wildman–Crippen LogP) is 3.71. The number of hydrogen-bond acceptors (Lipinski definition) is 2. The maximum absolute atomic E-state index is 12.2. The van der Waals surface area contributed by atoms with Crippen molar-refractivity contribution in [1.82, 2.24) is 4.57 Å². The minimum absolute atomic E-state index is 0.0969. The lowest BCUT2D eigenvalue weighted by atomic mass is 10.1. The Morgan fingerprint density at radius 1 is 1.45 bits per heavy atom. The summed E-state index contributed by atoms with van der Waals surface area (Å²) in [6.07, 6.45) is 3.28. The Hall–Kier alpha value is -1.81. The van der Waals surface area contributed by atoms with E-state index in [-0.39, 0.29) is 11.6 Å². The number of nitrogens with zero attached hydrogens (tertiary/aromatic N) is 1. The Morgan fingerprint density at radius 3 is 2.75 bits per heavy atom. The molecule has 0 aliphatic carbocycles. The lowest BCUT2D eigenvalue weighted by Crippen LogP contribution is -2.20. The molecule has 1 unspecified atom stereocenters. The lowest BCUT2D eigenvalue weighted by molar-refractivity contribution is 0.0694. The van der Waals surface area contributed by atoms with Crippen LogP contribution in [0.3, 0.4) is 0 Å². The van der Waals surface area contributed by atoms with Gasteiger partial charge in [0.1, 0.15) is 5.56 Å². The number of rotatable bonds is 4. The van der Waals surface area contributed by atoms with Gasteiger partial charge in [0.2, 0.25) is 5.43 Å². The van der Waals surface area contributed by atoms with E-state index in [9.17, 15) is 14.7 Å². The number of carboxylic acids is 1. The molecule has 0 amide bonds. The third kappa shape index (κ3) is 2.56. The van der Waals surface area contributed by atoms with Crippen molar-refractivity contribution >= 4 is 28.5 Å². The van der Waals surface area contributed by atoms with Crippen LogP contribution >= 0.6 is 11.6 Å². The van der Waals surface area contributed by atoms with Gasteiger partial charge in [0.05, 0.1) is 5.52 Å². The molecule has 0 radical (unpaired) electrons. The van der Waals surface area contributed by atoms with E-state index >= 15 is 0 Å². The zero-order valence-electron chi connectivity index (χ0n) is 11.4. The third-order valence-electron chi connectivity index (χ3n) is 3.41. The molecule has 2 aromatic rings. The molecule has 4 nitrogen and oxygen atoms in total. The number of pyridine rings is 1. The maximum Gasteiger partial charge on any atom is 0.341 e. The Labute approximate surface area is 121 Å². The van der Waals surface area contributed by atoms with Crippen LogP contribution in [0.1, 0.15) is 43.1 Å². The molecule has 20 heavy (non-hydrogen) atoms. The summed E-state index contributed by atoms with van der Waals surface area (Å²) in [6, 6.07) is 4.99. The second-order valence-electron chi connectivity index (χ2n) is 4.88. The van der Waals surface area contributed by atoms with E-state index < -0.39 is 11.4 Å². The van der Waals surface area contributed by atoms with E-state index in [4.69, 9.17) is 11.6 Å². The van der Waals surface area contributed by atoms with Crippen molar-refractivity contribution in [1.29, 1.82) is 0 Å². The lowest BCUT2D eigenvalue weighted by Gasteiger charge is -2.19. The van der Waals surface area contributed by atoms with Crippen molar-refractivity contribution in [3.05, 3.63) is 45.2 Å². The Bertz CT molecular complexity index is 721. The van der Waals surface area contributed by atoms with Crippen molar-refractivity contribution in [2.75, 3.05) is 0 Å². The van der Waals surface area contributed by atoms with Crippen LogP contribution in [0.15, 0.2) is 29.2 Å². The molecule has 0 saturated heterocycles. The minimum Gasteiger partial charge on any atom is -0.477 e. The van der Waals surface area contributed by atoms with Crippen LogP contribution in [0.25, 0.3) is 10.9 Å². The Morgan fingerprint density at radius 2 is 2.15 bits per heavy atom. The largest absolute Gasteiger partial charge is 0.477 e. The van der Waals surface area contributed by atoms with Gasteiger partial charge in [-0.15, -0.1) is 0 Å². The van der Waals surface area contributed by atoms with Crippen LogP contribution < -0.4 is 5.43 Å². The van der Waals surface area contributed by atoms with E-state index in [0.717, 1.165) is 12.8 Å². The van der Waals surface area contributed by atoms with Gasteiger partial charge >= 0.3 is 5.97 Å². The fourth-order valence-corrected chi connectivity index (χ4v) is 2.56. The van der Waals surface area contributed by atoms with Crippen molar-refractivity contribution in [3.8, 4) is 0 Å². The summed E-state index contributed by atoms with van der Waals surface area (Å²) in [7, 11) is 0. The van der Waals surface area contributed by atoms with Gasteiger partial charge in [-0.2, -0.15) is 0 Å². The number of aromatic carboxylic acids is 1. The summed E-state index contributed by atoms with van der Waals surface area (Å²) < 4.78 is 1.83. The first-order chi connectivity index (χ1) is 9.45. The first kappa shape index (κ1) is 14.6. The zero-order valence-corrected chi connectivity index (χ0v) is 12.1. The first-order valence-electron chi connectivity index (χ1n) is 6.53. The molecular weight excluding hydrogens is 278 g/mol. The van der Waals surface area contributed by atoms with Gasteiger partial charge in [-0.25, -0.2) is 4.79 Å². The summed E-state index contributed by atoms with van der Waals surface area (Å²) in [5, 5.41) is 10.1. The normalized spacial score (nSPS) is 12.6. The summed E-state index contributed by atoms with van der Waals surface area (Å²) >= 11 is 6.00. The predicted molar refractivity (Wildman–Crippen MR) is 79.8 cm³/mol. The molecule has 0 spiro atoms. The summed E-state index contributed by atoms with van der Waals surface area (Å²) in [6.45, 7) is 4.06. The molecular formula is C15H16ClNO3. The molecule has 0 fully saturated rings. The van der Waals surface area contributed by atoms with Crippen molar-refractivity contribution in [3.63, 3.8) is 0 Å². The van der Waals surface area contributed by atoms with Crippen LogP contribution in [0.4, 0.5) is 0 Å². The van der Waals surface area contributed by atoms with Crippen molar-refractivity contribution in [2.24, 2.45) is 0 Å². The topological polar surface area (TPSA) is 59.3 Å². The Kier molecular flexibility index (Phi) is 4.14. The zero-order chi connectivity index (χ0) is 14.9. The van der Waals surface area contributed by atoms with Gasteiger partial charge < -0.3 is 9.67 Å². The number of carbonyl (C=O) groups is 1. The smallest absolute Gasteiger partial charge is 0.341 e. The van der Waals surface area contributed by atoms with Crippen LogP contribution in [0.2, 0.25) is 5.02 Å². The molecule has 1 N–H and O–H groups in total. The monoisotopic (exact) mass is 293 g/mol. The average molecular weight is 294 g/mol. The molecule has 0 bridgehead atoms. The van der Waals surface area contributed by atoms with Gasteiger partial charge in [-0.1, -0.05) is 24.9 Å². The van der Waals surface area contributed by atoms with Gasteiger partial charge in [0, 0.05) is 22.6 Å². The minimum atomic E-state index is -1.20. The molecule has 2 rings (SSSR count). The molecule has 0 saturated carbocycles. The highest BCUT2D eigenvalue weighted by Gasteiger charge is 2.16. The fraction of sp³-hybridized carbons (Fsp3) is 0.333. The van der Waals surface area contributed by atoms with E-state index in [1.165, 1.54) is 6.20 Å². The van der Waals surface area contributed by atoms with Crippen LogP contribution in [-0.2, 0) is 0 Å². The number of aromatic nitrogens is 1. The number of carboxylic acid groups (broad SMARTS) is 1. The standard InChI is InChI=1S/C15H16ClNO3/c1-3-4-9(2)17-8-12(15(19)20)14(18)11-6-5-10(16)7-13(11)17/h5-9H,3-4H2,1-2H3,(H,19,20). The molecule has 1 aromatic carbocycles. The average Bonchev–Trinajstić information content (AvgIpc) is 2.38. The van der Waals surface area contributed by atoms with E-state index in [1.54, 1.807) is 18.2 Å². The highest BCUT2D eigenvalue weighted by Crippen LogP contribution is 2.23. The van der Waals surface area contributed by atoms with Crippen molar-refractivity contribution in [2.45, 2.75) is 32.7 Å². The molecule has 106 valence electrons. The molecule has 0 aliphatic heterocycles. The second-order valence-corrected chi connectivity index (χ2v) is 5.32. The number of halogens is 1. The summed E-state index contributed by atoms with van der Waals surface area (Å²) in [4.78, 5) is 23.4. The number of benzene rings is 1. The quantitative estimate of drug-likeness (QED) is 0.934. The third-order valence-corrected chi connectivity index (χ3v) is 3.64. The molecule has 5 heteroatoms. The van der Waals surface area contributed by atoms with Gasteiger partial charge in [0.25, 0.3) is 0 Å². The highest BCUT2D eigenvalue weighted by atomic mass is 35.5. The molecule has 1 heterocycles. The molecule has 1 aromatic heterocycles. The van der Waals surface area contributed by atoms with Gasteiger partial charge in [-0.3, -0.25) is 4.79 Å². The SMILES string of the molecule is CCCC(C)n1cc(C(=O)O)c(=O)c2ccc(Cl)cc21. The van der Waals surface area contributed by atoms with Gasteiger partial charge in [-0.05, 0) is 31.5 Å². The number of fused-ring (bicyclic) bond motifs is 1. The fourth-order valence-electron chi connectivity index (χ4n) is 2.40. The van der Waals surface area contributed by atoms with Crippen LogP contribution in [-0.4, -0.2) is 15.6 Å². The van der Waals surface area contributed by atoms with Gasteiger partial charge in [0.15, 0.2) is 0 Å². The molecule has 0 aliphatic rings. The summed E-state index contributed by atoms with van der Waals surface area (Å²) in [5.74, 6) is -1.20. The first-order valence-corrected chi connectivity index (χ1v) is 6.91. The second kappa shape index (κ2) is 5.67. The van der Waals surface area contributed by atoms with E-state index in [0.29, 0.717) is 15.9 Å².